The number of nitrogens with zero attached hydrogens (tertiary/aromatic N) is 4. The van der Waals surface area contributed by atoms with E-state index in [0.717, 1.165) is 35.8 Å². The first-order valence-electron chi connectivity index (χ1n) is 5.83. The summed E-state index contributed by atoms with van der Waals surface area (Å²) in [5.41, 5.74) is 2.64. The summed E-state index contributed by atoms with van der Waals surface area (Å²) in [5.74, 6) is 0.801. The van der Waals surface area contributed by atoms with Crippen molar-refractivity contribution in [2.75, 3.05) is 13.2 Å². The molecule has 3 aromatic heterocycles. The van der Waals surface area contributed by atoms with Gasteiger partial charge in [0.15, 0.2) is 5.65 Å². The molecule has 4 rings (SSSR count). The van der Waals surface area contributed by atoms with E-state index >= 15 is 0 Å². The lowest BCUT2D eigenvalue weighted by Crippen LogP contribution is -2.30. The standard InChI is InChI=1S/C12H11N5O/c1-2-10-12(13-3-1)16-11(15-10)8-4-14-17(5-8)9-6-18-7-9/h1-5,9H,6-7H2,(H,13,15,16). The summed E-state index contributed by atoms with van der Waals surface area (Å²) in [6.45, 7) is 1.48. The maximum Gasteiger partial charge on any atom is 0.178 e. The topological polar surface area (TPSA) is 68.6 Å². The Bertz CT molecular complexity index is 664. The largest absolute Gasteiger partial charge is 0.377 e. The SMILES string of the molecule is c1cnc2nc(-c3cnn(C4COC4)c3)[nH]c2c1. The predicted octanol–water partition coefficient (Wildman–Crippen LogP) is 1.39. The van der Waals surface area contributed by atoms with Crippen molar-refractivity contribution in [1.82, 2.24) is 24.7 Å². The Kier molecular flexibility index (Phi) is 1.98. The van der Waals surface area contributed by atoms with Gasteiger partial charge >= 0.3 is 0 Å². The van der Waals surface area contributed by atoms with Crippen LogP contribution in [0.4, 0.5) is 0 Å². The number of ether oxygens (including phenoxy) is 1. The fraction of sp³-hybridized carbons (Fsp3) is 0.250. The Labute approximate surface area is 103 Å². The number of rotatable bonds is 2. The average molecular weight is 241 g/mol. The predicted molar refractivity (Wildman–Crippen MR) is 65.0 cm³/mol. The number of nitrogens with one attached hydrogen (secondary N) is 1. The molecule has 0 amide bonds. The van der Waals surface area contributed by atoms with Gasteiger partial charge < -0.3 is 9.72 Å². The molecule has 1 saturated heterocycles. The van der Waals surface area contributed by atoms with Crippen molar-refractivity contribution < 1.29 is 4.74 Å². The average Bonchev–Trinajstić information content (AvgIpc) is 2.91. The highest BCUT2D eigenvalue weighted by Gasteiger charge is 2.21. The summed E-state index contributed by atoms with van der Waals surface area (Å²) in [5, 5.41) is 4.34. The van der Waals surface area contributed by atoms with E-state index in [1.54, 1.807) is 6.20 Å². The van der Waals surface area contributed by atoms with Crippen molar-refractivity contribution in [2.24, 2.45) is 0 Å². The number of fused-ring (bicyclic) bond motifs is 1. The first kappa shape index (κ1) is 9.78. The van der Waals surface area contributed by atoms with Crippen LogP contribution in [0.3, 0.4) is 0 Å². The Balaban J connectivity index is 1.74. The zero-order valence-corrected chi connectivity index (χ0v) is 9.58. The van der Waals surface area contributed by atoms with Crippen LogP contribution in [0.15, 0.2) is 30.7 Å². The van der Waals surface area contributed by atoms with Gasteiger partial charge in [0.25, 0.3) is 0 Å². The van der Waals surface area contributed by atoms with Crippen LogP contribution in [0, 0.1) is 0 Å². The lowest BCUT2D eigenvalue weighted by atomic mass is 10.2. The maximum absolute atomic E-state index is 5.16. The van der Waals surface area contributed by atoms with Gasteiger partial charge in [-0.3, -0.25) is 4.68 Å². The third kappa shape index (κ3) is 1.42. The van der Waals surface area contributed by atoms with Gasteiger partial charge in [-0.15, -0.1) is 0 Å². The summed E-state index contributed by atoms with van der Waals surface area (Å²) in [4.78, 5) is 11.9. The molecule has 0 radical (unpaired) electrons. The van der Waals surface area contributed by atoms with Crippen LogP contribution in [-0.2, 0) is 4.74 Å². The zero-order chi connectivity index (χ0) is 11.9. The highest BCUT2D eigenvalue weighted by molar-refractivity contribution is 5.75. The monoisotopic (exact) mass is 241 g/mol. The van der Waals surface area contributed by atoms with Gasteiger partial charge in [-0.25, -0.2) is 9.97 Å². The highest BCUT2D eigenvalue weighted by atomic mass is 16.5. The maximum atomic E-state index is 5.16. The molecule has 1 aliphatic rings. The fourth-order valence-electron chi connectivity index (χ4n) is 2.02. The summed E-state index contributed by atoms with van der Waals surface area (Å²) >= 11 is 0. The quantitative estimate of drug-likeness (QED) is 0.736. The number of imidazole rings is 1. The molecular formula is C12H11N5O. The van der Waals surface area contributed by atoms with Crippen molar-refractivity contribution in [1.29, 1.82) is 0 Å². The Morgan fingerprint density at radius 1 is 1.39 bits per heavy atom. The minimum atomic E-state index is 0.362. The molecule has 0 unspecified atom stereocenters. The minimum Gasteiger partial charge on any atom is -0.377 e. The highest BCUT2D eigenvalue weighted by Crippen LogP contribution is 2.22. The molecule has 0 saturated carbocycles. The molecular weight excluding hydrogens is 230 g/mol. The molecule has 18 heavy (non-hydrogen) atoms. The van der Waals surface area contributed by atoms with E-state index in [-0.39, 0.29) is 0 Å². The van der Waals surface area contributed by atoms with Crippen LogP contribution < -0.4 is 0 Å². The van der Waals surface area contributed by atoms with Crippen LogP contribution in [0.5, 0.6) is 0 Å². The van der Waals surface area contributed by atoms with E-state index in [4.69, 9.17) is 4.74 Å². The van der Waals surface area contributed by atoms with Gasteiger partial charge in [-0.1, -0.05) is 0 Å². The van der Waals surface area contributed by atoms with Crippen molar-refractivity contribution in [3.8, 4) is 11.4 Å². The lowest BCUT2D eigenvalue weighted by molar-refractivity contribution is -0.0286. The fourth-order valence-corrected chi connectivity index (χ4v) is 2.02. The Morgan fingerprint density at radius 2 is 2.33 bits per heavy atom. The van der Waals surface area contributed by atoms with Crippen molar-refractivity contribution >= 4 is 11.2 Å². The zero-order valence-electron chi connectivity index (χ0n) is 9.58. The number of pyridine rings is 1. The van der Waals surface area contributed by atoms with Crippen molar-refractivity contribution in [3.63, 3.8) is 0 Å². The van der Waals surface area contributed by atoms with Crippen LogP contribution in [-0.4, -0.2) is 37.9 Å². The summed E-state index contributed by atoms with van der Waals surface area (Å²) in [6.07, 6.45) is 5.54. The second-order valence-electron chi connectivity index (χ2n) is 4.36. The van der Waals surface area contributed by atoms with Gasteiger partial charge in [-0.2, -0.15) is 5.10 Å². The van der Waals surface area contributed by atoms with Gasteiger partial charge in [0, 0.05) is 12.4 Å². The molecule has 90 valence electrons. The van der Waals surface area contributed by atoms with Gasteiger partial charge in [-0.05, 0) is 12.1 Å². The Hall–Kier alpha value is -2.21. The van der Waals surface area contributed by atoms with E-state index in [0.29, 0.717) is 6.04 Å². The number of hydrogen-bond donors (Lipinski definition) is 1. The molecule has 4 heterocycles. The van der Waals surface area contributed by atoms with Crippen LogP contribution in [0.2, 0.25) is 0 Å². The number of aromatic nitrogens is 5. The summed E-state index contributed by atoms with van der Waals surface area (Å²) < 4.78 is 7.09. The van der Waals surface area contributed by atoms with Gasteiger partial charge in [0.2, 0.25) is 0 Å². The number of H-pyrrole nitrogens is 1. The summed E-state index contributed by atoms with van der Waals surface area (Å²) in [7, 11) is 0. The number of aromatic amines is 1. The minimum absolute atomic E-state index is 0.362. The molecule has 3 aromatic rings. The van der Waals surface area contributed by atoms with Crippen molar-refractivity contribution in [3.05, 3.63) is 30.7 Å². The molecule has 0 spiro atoms. The molecule has 1 N–H and O–H groups in total. The molecule has 0 aliphatic carbocycles. The van der Waals surface area contributed by atoms with E-state index in [1.165, 1.54) is 0 Å². The van der Waals surface area contributed by atoms with E-state index in [9.17, 15) is 0 Å². The second kappa shape index (κ2) is 3.64. The Morgan fingerprint density at radius 3 is 3.11 bits per heavy atom. The molecule has 0 aromatic carbocycles. The first-order chi connectivity index (χ1) is 8.90. The van der Waals surface area contributed by atoms with Gasteiger partial charge in [0.1, 0.15) is 5.82 Å². The normalized spacial score (nSPS) is 16.0. The van der Waals surface area contributed by atoms with Crippen molar-refractivity contribution in [2.45, 2.75) is 6.04 Å². The van der Waals surface area contributed by atoms with E-state index in [2.05, 4.69) is 20.1 Å². The molecule has 6 heteroatoms. The number of hydrogen-bond acceptors (Lipinski definition) is 4. The molecule has 1 aliphatic heterocycles. The third-order valence-corrected chi connectivity index (χ3v) is 3.13. The van der Waals surface area contributed by atoms with E-state index in [1.807, 2.05) is 29.2 Å². The molecule has 1 fully saturated rings. The second-order valence-corrected chi connectivity index (χ2v) is 4.36. The van der Waals surface area contributed by atoms with Crippen LogP contribution in [0.1, 0.15) is 6.04 Å². The van der Waals surface area contributed by atoms with Crippen LogP contribution in [0.25, 0.3) is 22.6 Å². The molecule has 0 atom stereocenters. The van der Waals surface area contributed by atoms with Gasteiger partial charge in [0.05, 0.1) is 36.5 Å². The molecule has 6 nitrogen and oxygen atoms in total. The van der Waals surface area contributed by atoms with E-state index < -0.39 is 0 Å². The first-order valence-corrected chi connectivity index (χ1v) is 5.83. The van der Waals surface area contributed by atoms with Crippen LogP contribution >= 0.6 is 0 Å². The smallest absolute Gasteiger partial charge is 0.178 e. The molecule has 0 bridgehead atoms. The third-order valence-electron chi connectivity index (χ3n) is 3.13. The lowest BCUT2D eigenvalue weighted by Gasteiger charge is -2.25. The summed E-state index contributed by atoms with van der Waals surface area (Å²) in [6, 6.07) is 4.21.